The van der Waals surface area contributed by atoms with Crippen molar-refractivity contribution in [2.45, 2.75) is 26.6 Å². The van der Waals surface area contributed by atoms with Gasteiger partial charge in [-0.15, -0.1) is 0 Å². The number of hydrogen-bond acceptors (Lipinski definition) is 8. The third kappa shape index (κ3) is 11.1. The minimum Gasteiger partial charge on any atom is -0.480 e. The van der Waals surface area contributed by atoms with Crippen molar-refractivity contribution in [3.63, 3.8) is 0 Å². The van der Waals surface area contributed by atoms with Crippen molar-refractivity contribution in [1.82, 2.24) is 9.80 Å². The van der Waals surface area contributed by atoms with Crippen LogP contribution < -0.4 is 4.74 Å². The molecule has 2 aromatic rings. The van der Waals surface area contributed by atoms with Gasteiger partial charge in [-0.1, -0.05) is 42.0 Å². The normalized spacial score (nSPS) is 11.0. The Morgan fingerprint density at radius 1 is 0.703 bits per heavy atom. The van der Waals surface area contributed by atoms with Crippen LogP contribution in [-0.4, -0.2) is 87.1 Å². The van der Waals surface area contributed by atoms with Gasteiger partial charge in [0.2, 0.25) is 0 Å². The van der Waals surface area contributed by atoms with E-state index in [0.717, 1.165) is 11.1 Å². The maximum Gasteiger partial charge on any atom is 0.317 e. The lowest BCUT2D eigenvalue weighted by Crippen LogP contribution is -2.34. The Morgan fingerprint density at radius 3 is 1.76 bits per heavy atom. The van der Waals surface area contributed by atoms with E-state index in [0.29, 0.717) is 16.9 Å². The molecule has 0 unspecified atom stereocenters. The van der Waals surface area contributed by atoms with Crippen LogP contribution in [0.4, 0.5) is 0 Å². The lowest BCUT2D eigenvalue weighted by Gasteiger charge is -2.21. The van der Waals surface area contributed by atoms with E-state index < -0.39 is 50.1 Å². The molecule has 4 N–H and O–H groups in total. The predicted molar refractivity (Wildman–Crippen MR) is 129 cm³/mol. The van der Waals surface area contributed by atoms with Crippen molar-refractivity contribution in [1.29, 1.82) is 0 Å². The van der Waals surface area contributed by atoms with Crippen LogP contribution >= 0.6 is 0 Å². The predicted octanol–water partition coefficient (Wildman–Crippen LogP) is 1.49. The molecule has 12 nitrogen and oxygen atoms in total. The lowest BCUT2D eigenvalue weighted by atomic mass is 10.0. The highest BCUT2D eigenvalue weighted by Crippen LogP contribution is 2.21. The molecule has 2 aromatic carbocycles. The van der Waals surface area contributed by atoms with Crippen LogP contribution in [-0.2, 0) is 43.6 Å². The molecule has 0 atom stereocenters. The van der Waals surface area contributed by atoms with Crippen LogP contribution in [0.25, 0.3) is 0 Å². The van der Waals surface area contributed by atoms with Crippen LogP contribution in [0.1, 0.15) is 22.3 Å². The third-order valence-electron chi connectivity index (χ3n) is 5.11. The van der Waals surface area contributed by atoms with Gasteiger partial charge in [0.05, 0.1) is 32.8 Å². The molecule has 200 valence electrons. The van der Waals surface area contributed by atoms with Crippen molar-refractivity contribution >= 4 is 23.9 Å². The molecule has 0 spiro atoms. The molecule has 37 heavy (non-hydrogen) atoms. The van der Waals surface area contributed by atoms with E-state index in [1.807, 2.05) is 19.1 Å². The monoisotopic (exact) mass is 518 g/mol. The molecule has 12 heteroatoms. The Hall–Kier alpha value is -4.00. The molecule has 0 aliphatic rings. The zero-order valence-electron chi connectivity index (χ0n) is 20.3. The molecule has 0 fully saturated rings. The van der Waals surface area contributed by atoms with E-state index >= 15 is 0 Å². The smallest absolute Gasteiger partial charge is 0.317 e. The topological polar surface area (TPSA) is 174 Å². The summed E-state index contributed by atoms with van der Waals surface area (Å²) in [6.45, 7) is 0.203. The van der Waals surface area contributed by atoms with Gasteiger partial charge in [-0.05, 0) is 24.1 Å². The number of aliphatic carboxylic acids is 4. The molecule has 0 aliphatic carbocycles. The summed E-state index contributed by atoms with van der Waals surface area (Å²) in [5.41, 5.74) is 2.98. The standard InChI is InChI=1S/C25H30N2O10/c1-17-6-7-18(9-26(11-22(28)29)12-23(30)31)20(8-17)15-36-16-37-21-5-3-2-4-19(21)10-27(13-24(32)33)14-25(34)35/h2-8H,9-16H2,1H3,(H,28,29)(H,30,31)(H,32,33)(H,34,35). The van der Waals surface area contributed by atoms with E-state index in [2.05, 4.69) is 0 Å². The number of benzene rings is 2. The zero-order chi connectivity index (χ0) is 27.4. The van der Waals surface area contributed by atoms with Gasteiger partial charge in [0, 0.05) is 18.7 Å². The summed E-state index contributed by atoms with van der Waals surface area (Å²) in [5, 5.41) is 36.3. The number of hydrogen-bond donors (Lipinski definition) is 4. The SMILES string of the molecule is Cc1ccc(CN(CC(=O)O)CC(=O)O)c(COCOc2ccccc2CN(CC(=O)O)CC(=O)O)c1. The number of para-hydroxylation sites is 1. The molecule has 0 saturated carbocycles. The lowest BCUT2D eigenvalue weighted by molar-refractivity contribution is -0.144. The first-order valence-corrected chi connectivity index (χ1v) is 11.2. The van der Waals surface area contributed by atoms with Gasteiger partial charge >= 0.3 is 23.9 Å². The van der Waals surface area contributed by atoms with Crippen molar-refractivity contribution in [2.24, 2.45) is 0 Å². The second-order valence-corrected chi connectivity index (χ2v) is 8.36. The molecular weight excluding hydrogens is 488 g/mol. The second-order valence-electron chi connectivity index (χ2n) is 8.36. The number of ether oxygens (including phenoxy) is 2. The number of carboxylic acid groups (broad SMARTS) is 4. The van der Waals surface area contributed by atoms with Crippen molar-refractivity contribution < 1.29 is 49.1 Å². The van der Waals surface area contributed by atoms with Gasteiger partial charge in [0.25, 0.3) is 0 Å². The summed E-state index contributed by atoms with van der Waals surface area (Å²) < 4.78 is 11.4. The highest BCUT2D eigenvalue weighted by molar-refractivity contribution is 5.73. The highest BCUT2D eigenvalue weighted by Gasteiger charge is 2.17. The van der Waals surface area contributed by atoms with Crippen molar-refractivity contribution in [2.75, 3.05) is 33.0 Å². The van der Waals surface area contributed by atoms with Gasteiger partial charge in [0.1, 0.15) is 5.75 Å². The highest BCUT2D eigenvalue weighted by atomic mass is 16.7. The number of rotatable bonds is 17. The first-order valence-electron chi connectivity index (χ1n) is 11.2. The fourth-order valence-corrected chi connectivity index (χ4v) is 3.66. The molecule has 0 aromatic heterocycles. The second kappa shape index (κ2) is 14.5. The average molecular weight is 519 g/mol. The summed E-state index contributed by atoms with van der Waals surface area (Å²) in [6.07, 6.45) is 0. The van der Waals surface area contributed by atoms with Crippen LogP contribution in [0.2, 0.25) is 0 Å². The first kappa shape index (κ1) is 29.2. The molecular formula is C25H30N2O10. The van der Waals surface area contributed by atoms with Crippen LogP contribution in [0.5, 0.6) is 5.75 Å². The first-order chi connectivity index (χ1) is 17.5. The Balaban J connectivity index is 2.04. The summed E-state index contributed by atoms with van der Waals surface area (Å²) in [4.78, 5) is 47.0. The van der Waals surface area contributed by atoms with Crippen molar-refractivity contribution in [3.8, 4) is 5.75 Å². The number of aryl methyl sites for hydroxylation is 1. The van der Waals surface area contributed by atoms with E-state index in [1.54, 1.807) is 30.3 Å². The Kier molecular flexibility index (Phi) is 11.5. The summed E-state index contributed by atoms with van der Waals surface area (Å²) in [5.74, 6) is -4.17. The van der Waals surface area contributed by atoms with Gasteiger partial charge in [-0.2, -0.15) is 0 Å². The summed E-state index contributed by atoms with van der Waals surface area (Å²) in [7, 11) is 0. The minimum atomic E-state index is -1.15. The molecule has 0 amide bonds. The summed E-state index contributed by atoms with van der Waals surface area (Å²) >= 11 is 0. The molecule has 0 heterocycles. The zero-order valence-corrected chi connectivity index (χ0v) is 20.3. The van der Waals surface area contributed by atoms with E-state index in [-0.39, 0.29) is 26.5 Å². The summed E-state index contributed by atoms with van der Waals surface area (Å²) in [6, 6.07) is 12.3. The maximum absolute atomic E-state index is 11.1. The van der Waals surface area contributed by atoms with Crippen LogP contribution in [0, 0.1) is 6.92 Å². The average Bonchev–Trinajstić information content (AvgIpc) is 2.77. The fourth-order valence-electron chi connectivity index (χ4n) is 3.66. The van der Waals surface area contributed by atoms with E-state index in [4.69, 9.17) is 29.9 Å². The molecule has 0 aliphatic heterocycles. The molecule has 0 bridgehead atoms. The van der Waals surface area contributed by atoms with E-state index in [1.165, 1.54) is 9.80 Å². The fraction of sp³-hybridized carbons (Fsp3) is 0.360. The van der Waals surface area contributed by atoms with Gasteiger partial charge in [-0.25, -0.2) is 0 Å². The van der Waals surface area contributed by atoms with E-state index in [9.17, 15) is 19.2 Å². The van der Waals surface area contributed by atoms with Crippen LogP contribution in [0.15, 0.2) is 42.5 Å². The Bertz CT molecular complexity index is 1070. The van der Waals surface area contributed by atoms with Gasteiger partial charge < -0.3 is 29.9 Å². The van der Waals surface area contributed by atoms with Gasteiger partial charge in [-0.3, -0.25) is 29.0 Å². The van der Waals surface area contributed by atoms with Gasteiger partial charge in [0.15, 0.2) is 6.79 Å². The Morgan fingerprint density at radius 2 is 1.22 bits per heavy atom. The quantitative estimate of drug-likeness (QED) is 0.176. The molecule has 2 rings (SSSR count). The maximum atomic E-state index is 11.1. The van der Waals surface area contributed by atoms with Crippen molar-refractivity contribution in [3.05, 3.63) is 64.7 Å². The molecule has 0 saturated heterocycles. The number of carbonyl (C=O) groups is 4. The Labute approximate surface area is 213 Å². The minimum absolute atomic E-state index is 0.0415. The number of carboxylic acids is 4. The third-order valence-corrected chi connectivity index (χ3v) is 5.11. The number of nitrogens with zero attached hydrogens (tertiary/aromatic N) is 2. The van der Waals surface area contributed by atoms with Crippen LogP contribution in [0.3, 0.4) is 0 Å². The molecule has 0 radical (unpaired) electrons. The largest absolute Gasteiger partial charge is 0.480 e.